The number of benzene rings is 3. The molecule has 0 saturated carbocycles. The molecule has 1 aromatic heterocycles. The third kappa shape index (κ3) is 3.24. The van der Waals surface area contributed by atoms with Crippen molar-refractivity contribution in [1.82, 2.24) is 9.55 Å². The van der Waals surface area contributed by atoms with E-state index in [-0.39, 0.29) is 0 Å². The molecule has 4 rings (SSSR count). The second-order valence-electron chi connectivity index (χ2n) is 6.38. The largest absolute Gasteiger partial charge is 0.457 e. The molecule has 4 aromatic rings. The van der Waals surface area contributed by atoms with Crippen molar-refractivity contribution in [2.75, 3.05) is 0 Å². The lowest BCUT2D eigenvalue weighted by Gasteiger charge is -2.14. The van der Waals surface area contributed by atoms with Crippen molar-refractivity contribution < 1.29 is 4.74 Å². The lowest BCUT2D eigenvalue weighted by molar-refractivity contribution is 0.482. The fraction of sp³-hybridized carbons (Fsp3) is 0.0870. The van der Waals surface area contributed by atoms with Crippen LogP contribution in [-0.2, 0) is 0 Å². The standard InChI is InChI=1S/C23H20N2O/c1-17-6-10-20(11-7-17)26-21-12-8-19(9-13-21)22-5-3-4-18(2)23(22)25-15-14-24-16-25/h3-16H,1-2H3. The summed E-state index contributed by atoms with van der Waals surface area (Å²) in [4.78, 5) is 4.18. The van der Waals surface area contributed by atoms with Crippen LogP contribution >= 0.6 is 0 Å². The van der Waals surface area contributed by atoms with Gasteiger partial charge in [-0.25, -0.2) is 4.98 Å². The molecule has 0 atom stereocenters. The predicted octanol–water partition coefficient (Wildman–Crippen LogP) is 5.95. The lowest BCUT2D eigenvalue weighted by Crippen LogP contribution is -1.97. The van der Waals surface area contributed by atoms with Crippen LogP contribution in [0.15, 0.2) is 85.5 Å². The number of hydrogen-bond acceptors (Lipinski definition) is 2. The number of nitrogens with zero attached hydrogens (tertiary/aromatic N) is 2. The molecule has 3 heteroatoms. The maximum absolute atomic E-state index is 5.94. The van der Waals surface area contributed by atoms with Crippen LogP contribution in [0.25, 0.3) is 16.8 Å². The van der Waals surface area contributed by atoms with E-state index in [0.717, 1.165) is 22.7 Å². The molecule has 0 fully saturated rings. The minimum absolute atomic E-state index is 0.828. The molecule has 0 spiro atoms. The second-order valence-corrected chi connectivity index (χ2v) is 6.38. The Labute approximate surface area is 153 Å². The van der Waals surface area contributed by atoms with Gasteiger partial charge in [0.25, 0.3) is 0 Å². The molecule has 3 nitrogen and oxygen atoms in total. The van der Waals surface area contributed by atoms with E-state index in [2.05, 4.69) is 53.7 Å². The molecule has 128 valence electrons. The van der Waals surface area contributed by atoms with Crippen LogP contribution in [0.1, 0.15) is 11.1 Å². The molecular weight excluding hydrogens is 320 g/mol. The summed E-state index contributed by atoms with van der Waals surface area (Å²) in [5.41, 5.74) is 5.90. The fourth-order valence-electron chi connectivity index (χ4n) is 3.07. The summed E-state index contributed by atoms with van der Waals surface area (Å²) < 4.78 is 7.99. The van der Waals surface area contributed by atoms with Crippen molar-refractivity contribution in [2.45, 2.75) is 13.8 Å². The quantitative estimate of drug-likeness (QED) is 0.459. The number of hydrogen-bond donors (Lipinski definition) is 0. The fourth-order valence-corrected chi connectivity index (χ4v) is 3.07. The van der Waals surface area contributed by atoms with E-state index in [1.165, 1.54) is 16.7 Å². The minimum atomic E-state index is 0.828. The first-order valence-electron chi connectivity index (χ1n) is 8.63. The molecular formula is C23H20N2O. The molecule has 3 aromatic carbocycles. The average molecular weight is 340 g/mol. The smallest absolute Gasteiger partial charge is 0.127 e. The highest BCUT2D eigenvalue weighted by atomic mass is 16.5. The Balaban J connectivity index is 1.66. The van der Waals surface area contributed by atoms with Crippen LogP contribution in [0.4, 0.5) is 0 Å². The highest BCUT2D eigenvalue weighted by Gasteiger charge is 2.10. The number of rotatable bonds is 4. The van der Waals surface area contributed by atoms with Crippen LogP contribution in [0.3, 0.4) is 0 Å². The van der Waals surface area contributed by atoms with E-state index in [0.29, 0.717) is 0 Å². The molecule has 26 heavy (non-hydrogen) atoms. The zero-order valence-electron chi connectivity index (χ0n) is 14.9. The summed E-state index contributed by atoms with van der Waals surface area (Å²) >= 11 is 0. The Morgan fingerprint density at radius 3 is 2.15 bits per heavy atom. The van der Waals surface area contributed by atoms with Gasteiger partial charge in [0, 0.05) is 18.0 Å². The number of para-hydroxylation sites is 1. The van der Waals surface area contributed by atoms with Gasteiger partial charge in [-0.15, -0.1) is 0 Å². The van der Waals surface area contributed by atoms with Crippen molar-refractivity contribution >= 4 is 0 Å². The van der Waals surface area contributed by atoms with Gasteiger partial charge >= 0.3 is 0 Å². The maximum Gasteiger partial charge on any atom is 0.127 e. The van der Waals surface area contributed by atoms with E-state index in [4.69, 9.17) is 4.74 Å². The normalized spacial score (nSPS) is 10.7. The number of aromatic nitrogens is 2. The molecule has 0 radical (unpaired) electrons. The monoisotopic (exact) mass is 340 g/mol. The Kier molecular flexibility index (Phi) is 4.28. The van der Waals surface area contributed by atoms with Crippen molar-refractivity contribution in [1.29, 1.82) is 0 Å². The molecule has 0 aliphatic heterocycles. The van der Waals surface area contributed by atoms with Crippen LogP contribution in [0.2, 0.25) is 0 Å². The van der Waals surface area contributed by atoms with Gasteiger partial charge in [-0.2, -0.15) is 0 Å². The number of imidazole rings is 1. The average Bonchev–Trinajstić information content (AvgIpc) is 3.18. The van der Waals surface area contributed by atoms with E-state index in [1.54, 1.807) is 6.20 Å². The SMILES string of the molecule is Cc1ccc(Oc2ccc(-c3cccc(C)c3-n3ccnc3)cc2)cc1. The highest BCUT2D eigenvalue weighted by Crippen LogP contribution is 2.31. The predicted molar refractivity (Wildman–Crippen MR) is 105 cm³/mol. The van der Waals surface area contributed by atoms with Gasteiger partial charge in [-0.05, 0) is 49.2 Å². The Hall–Kier alpha value is -3.33. The van der Waals surface area contributed by atoms with Gasteiger partial charge in [0.15, 0.2) is 0 Å². The Bertz CT molecular complexity index is 1000. The lowest BCUT2D eigenvalue weighted by atomic mass is 10.0. The van der Waals surface area contributed by atoms with Gasteiger partial charge in [0.05, 0.1) is 12.0 Å². The summed E-state index contributed by atoms with van der Waals surface area (Å²) in [6.07, 6.45) is 5.61. The number of ether oxygens (including phenoxy) is 1. The third-order valence-corrected chi connectivity index (χ3v) is 4.42. The Morgan fingerprint density at radius 1 is 0.808 bits per heavy atom. The molecule has 0 amide bonds. The maximum atomic E-state index is 5.94. The van der Waals surface area contributed by atoms with Crippen molar-refractivity contribution in [2.24, 2.45) is 0 Å². The molecule has 0 aliphatic carbocycles. The molecule has 0 N–H and O–H groups in total. The van der Waals surface area contributed by atoms with Gasteiger partial charge < -0.3 is 9.30 Å². The van der Waals surface area contributed by atoms with Crippen molar-refractivity contribution in [3.63, 3.8) is 0 Å². The molecule has 0 unspecified atom stereocenters. The summed E-state index contributed by atoms with van der Waals surface area (Å²) in [6.45, 7) is 4.19. The summed E-state index contributed by atoms with van der Waals surface area (Å²) in [5, 5.41) is 0. The first-order chi connectivity index (χ1) is 12.7. The first-order valence-corrected chi connectivity index (χ1v) is 8.63. The summed E-state index contributed by atoms with van der Waals surface area (Å²) in [5.74, 6) is 1.67. The number of aryl methyl sites for hydroxylation is 2. The van der Waals surface area contributed by atoms with Gasteiger partial charge in [0.2, 0.25) is 0 Å². The van der Waals surface area contributed by atoms with Crippen LogP contribution in [0.5, 0.6) is 11.5 Å². The van der Waals surface area contributed by atoms with Crippen LogP contribution in [0, 0.1) is 13.8 Å². The topological polar surface area (TPSA) is 27.1 Å². The third-order valence-electron chi connectivity index (χ3n) is 4.42. The Morgan fingerprint density at radius 2 is 1.50 bits per heavy atom. The van der Waals surface area contributed by atoms with E-state index < -0.39 is 0 Å². The van der Waals surface area contributed by atoms with Crippen LogP contribution in [-0.4, -0.2) is 9.55 Å². The van der Waals surface area contributed by atoms with Gasteiger partial charge in [0.1, 0.15) is 11.5 Å². The van der Waals surface area contributed by atoms with Crippen molar-refractivity contribution in [3.05, 3.63) is 96.6 Å². The molecule has 0 saturated heterocycles. The zero-order valence-corrected chi connectivity index (χ0v) is 14.9. The first kappa shape index (κ1) is 16.2. The van der Waals surface area contributed by atoms with Crippen LogP contribution < -0.4 is 4.74 Å². The van der Waals surface area contributed by atoms with Gasteiger partial charge in [-0.1, -0.05) is 48.0 Å². The summed E-state index contributed by atoms with van der Waals surface area (Å²) in [7, 11) is 0. The summed E-state index contributed by atoms with van der Waals surface area (Å²) in [6, 6.07) is 22.6. The molecule has 0 aliphatic rings. The van der Waals surface area contributed by atoms with E-state index in [9.17, 15) is 0 Å². The van der Waals surface area contributed by atoms with Crippen molar-refractivity contribution in [3.8, 4) is 28.3 Å². The highest BCUT2D eigenvalue weighted by molar-refractivity contribution is 5.75. The molecule has 1 heterocycles. The van der Waals surface area contributed by atoms with E-state index in [1.807, 2.05) is 48.9 Å². The van der Waals surface area contributed by atoms with E-state index >= 15 is 0 Å². The molecule has 0 bridgehead atoms. The zero-order chi connectivity index (χ0) is 17.9. The minimum Gasteiger partial charge on any atom is -0.457 e. The van der Waals surface area contributed by atoms with Gasteiger partial charge in [-0.3, -0.25) is 0 Å². The second kappa shape index (κ2) is 6.89.